The predicted octanol–water partition coefficient (Wildman–Crippen LogP) is 18.0. The molecule has 0 bridgehead atoms. The van der Waals surface area contributed by atoms with E-state index >= 15 is 0 Å². The number of thiazole rings is 5. The first-order valence-corrected chi connectivity index (χ1v) is 45.7. The number of nitrogens with zero attached hydrogens (tertiary/aromatic N) is 15. The number of carboxylic acid groups (broad SMARTS) is 1. The van der Waals surface area contributed by atoms with Crippen LogP contribution in [0.1, 0.15) is 129 Å². The number of carbonyl (C=O) groups excluding carboxylic acids is 4. The third-order valence-electron chi connectivity index (χ3n) is 20.0. The number of nitrogens with one attached hydrogen (secondary N) is 8. The summed E-state index contributed by atoms with van der Waals surface area (Å²) in [6.07, 6.45) is 22.9. The van der Waals surface area contributed by atoms with Gasteiger partial charge in [-0.15, -0.1) is 11.3 Å². The highest BCUT2D eigenvalue weighted by Gasteiger charge is 2.35. The number of hydrogen-bond acceptors (Lipinski definition) is 29. The number of fused-ring (bicyclic) bond motifs is 4. The number of anilines is 4. The van der Waals surface area contributed by atoms with Crippen molar-refractivity contribution in [3.8, 4) is 89.0 Å². The highest BCUT2D eigenvalue weighted by Crippen LogP contribution is 2.45. The summed E-state index contributed by atoms with van der Waals surface area (Å²) in [5.74, 6) is -0.133. The number of carbonyl (C=O) groups is 5. The Bertz CT molecular complexity index is 6700. The van der Waals surface area contributed by atoms with Gasteiger partial charge in [0.05, 0.1) is 98.7 Å². The van der Waals surface area contributed by atoms with Crippen LogP contribution in [0.15, 0.2) is 183 Å². The maximum absolute atomic E-state index is 12.0. The molecule has 0 spiro atoms. The number of amides is 8. The second-order valence-corrected chi connectivity index (χ2v) is 36.5. The summed E-state index contributed by atoms with van der Waals surface area (Å²) in [5, 5.41) is 75.1. The molecule has 0 atom stereocenters. The van der Waals surface area contributed by atoms with Crippen LogP contribution in [0.25, 0.3) is 130 Å². The van der Waals surface area contributed by atoms with E-state index in [9.17, 15) is 44.4 Å². The SMILES string of the molecule is CCNC(=O)Nc1nc2cc(-c3cnc(C(C)(C)O)cn3)cc(-c3ccccn3)c2s1.CCNC(=O)Nc1nc2cc(-c3cnc(C(C)(C)O)nc3)cc(-c3ccc(CC(=O)O)cn3)c2s1.CCNC(=O)Nc1nc2cc(-c3cnc(C(C)(C)O)s3)cc(-c3ccccn3)c2s1.CCNC(=O)Nc1nc2cc(-c3cnc(C4(O)CCCCC4)nc3)cc(-c3ccccn3)c2s1. The summed E-state index contributed by atoms with van der Waals surface area (Å²) in [6.45, 7) is 19.5. The quantitative estimate of drug-likeness (QED) is 0.0300. The van der Waals surface area contributed by atoms with Gasteiger partial charge in [0.25, 0.3) is 0 Å². The lowest BCUT2D eigenvalue weighted by atomic mass is 9.84. The summed E-state index contributed by atoms with van der Waals surface area (Å²) < 4.78 is 3.60. The number of rotatable bonds is 22. The Balaban J connectivity index is 0.000000140. The fourth-order valence-electron chi connectivity index (χ4n) is 13.7. The van der Waals surface area contributed by atoms with Gasteiger partial charge in [-0.1, -0.05) is 88.9 Å². The van der Waals surface area contributed by atoms with Gasteiger partial charge in [-0.3, -0.25) is 56.0 Å². The molecule has 38 heteroatoms. The third kappa shape index (κ3) is 22.9. The predicted molar refractivity (Wildman–Crippen MR) is 510 cm³/mol. The first kappa shape index (κ1) is 92.5. The summed E-state index contributed by atoms with van der Waals surface area (Å²) in [7, 11) is 0. The number of carboxylic acids is 1. The van der Waals surface area contributed by atoms with E-state index in [1.54, 1.807) is 116 Å². The molecule has 17 rings (SSSR count). The van der Waals surface area contributed by atoms with E-state index in [1.165, 1.54) is 62.9 Å². The molecular formula is C92H93N23O10S5. The molecule has 1 fully saturated rings. The first-order chi connectivity index (χ1) is 62.4. The van der Waals surface area contributed by atoms with Crippen molar-refractivity contribution in [2.24, 2.45) is 0 Å². The van der Waals surface area contributed by atoms with E-state index in [-0.39, 0.29) is 30.5 Å². The normalized spacial score (nSPS) is 12.5. The maximum Gasteiger partial charge on any atom is 0.321 e. The fraction of sp³-hybridized carbons (Fsp3) is 0.261. The van der Waals surface area contributed by atoms with Crippen molar-refractivity contribution in [2.75, 3.05) is 47.4 Å². The van der Waals surface area contributed by atoms with Crippen molar-refractivity contribution in [1.82, 2.24) is 96.0 Å². The molecule has 4 aromatic carbocycles. The van der Waals surface area contributed by atoms with Gasteiger partial charge in [0.1, 0.15) is 27.4 Å². The molecule has 0 unspecified atom stereocenters. The Hall–Kier alpha value is -13.7. The van der Waals surface area contributed by atoms with Gasteiger partial charge < -0.3 is 46.8 Å². The van der Waals surface area contributed by atoms with E-state index in [4.69, 9.17) is 5.11 Å². The molecule has 0 aliphatic heterocycles. The average Bonchev–Trinajstić information content (AvgIpc) is 1.60. The van der Waals surface area contributed by atoms with Crippen molar-refractivity contribution in [3.63, 3.8) is 0 Å². The molecule has 666 valence electrons. The Morgan fingerprint density at radius 3 is 1.12 bits per heavy atom. The van der Waals surface area contributed by atoms with Gasteiger partial charge in [0.15, 0.2) is 32.2 Å². The topological polar surface area (TPSA) is 476 Å². The molecule has 12 aromatic heterocycles. The average molecular weight is 1840 g/mol. The number of pyridine rings is 4. The van der Waals surface area contributed by atoms with Gasteiger partial charge in [0, 0.05) is 121 Å². The molecule has 1 aliphatic carbocycles. The minimum Gasteiger partial charge on any atom is -0.481 e. The molecule has 130 heavy (non-hydrogen) atoms. The molecule has 13 N–H and O–H groups in total. The van der Waals surface area contributed by atoms with Crippen molar-refractivity contribution < 1.29 is 49.5 Å². The third-order valence-corrected chi connectivity index (χ3v) is 25.4. The van der Waals surface area contributed by atoms with E-state index < -0.39 is 28.4 Å². The summed E-state index contributed by atoms with van der Waals surface area (Å²) in [4.78, 5) is 127. The van der Waals surface area contributed by atoms with Crippen LogP contribution in [-0.4, -0.2) is 157 Å². The Kier molecular flexibility index (Phi) is 29.0. The van der Waals surface area contributed by atoms with Crippen molar-refractivity contribution in [2.45, 2.75) is 130 Å². The van der Waals surface area contributed by atoms with Crippen LogP contribution in [0.3, 0.4) is 0 Å². The zero-order valence-corrected chi connectivity index (χ0v) is 76.5. The lowest BCUT2D eigenvalue weighted by molar-refractivity contribution is -0.136. The van der Waals surface area contributed by atoms with E-state index in [0.29, 0.717) is 104 Å². The van der Waals surface area contributed by atoms with Gasteiger partial charge in [-0.2, -0.15) is 0 Å². The number of aliphatic carboxylic acids is 1. The minimum absolute atomic E-state index is 0.116. The van der Waals surface area contributed by atoms with Crippen molar-refractivity contribution in [3.05, 3.63) is 211 Å². The van der Waals surface area contributed by atoms with E-state index in [2.05, 4.69) is 123 Å². The van der Waals surface area contributed by atoms with Gasteiger partial charge in [-0.05, 0) is 195 Å². The molecular weight excluding hydrogens is 1750 g/mol. The Morgan fingerprint density at radius 2 is 0.769 bits per heavy atom. The van der Waals surface area contributed by atoms with Crippen LogP contribution in [0.2, 0.25) is 0 Å². The summed E-state index contributed by atoms with van der Waals surface area (Å²) in [6, 6.07) is 35.3. The summed E-state index contributed by atoms with van der Waals surface area (Å²) >= 11 is 6.97. The smallest absolute Gasteiger partial charge is 0.321 e. The highest BCUT2D eigenvalue weighted by atomic mass is 32.1. The fourth-order valence-corrected chi connectivity index (χ4v) is 18.5. The molecule has 0 saturated heterocycles. The first-order valence-electron chi connectivity index (χ1n) is 41.6. The van der Waals surface area contributed by atoms with Crippen LogP contribution in [0.4, 0.5) is 39.7 Å². The van der Waals surface area contributed by atoms with Crippen LogP contribution in [0.5, 0.6) is 0 Å². The molecule has 1 aliphatic rings. The largest absolute Gasteiger partial charge is 0.481 e. The number of urea groups is 4. The van der Waals surface area contributed by atoms with Crippen LogP contribution in [-0.2, 0) is 33.6 Å². The monoisotopic (exact) mass is 1840 g/mol. The second-order valence-electron chi connectivity index (χ2n) is 31.4. The van der Waals surface area contributed by atoms with Gasteiger partial charge in [0.2, 0.25) is 0 Å². The molecule has 0 radical (unpaired) electrons. The van der Waals surface area contributed by atoms with Crippen LogP contribution in [0, 0.1) is 0 Å². The highest BCUT2D eigenvalue weighted by molar-refractivity contribution is 7.24. The zero-order chi connectivity index (χ0) is 92.0. The Morgan fingerprint density at radius 1 is 0.377 bits per heavy atom. The minimum atomic E-state index is -1.16. The van der Waals surface area contributed by atoms with Crippen molar-refractivity contribution in [1.29, 1.82) is 0 Å². The number of benzene rings is 4. The zero-order valence-electron chi connectivity index (χ0n) is 72.4. The number of aromatic nitrogens is 15. The summed E-state index contributed by atoms with van der Waals surface area (Å²) in [5.41, 5.74) is 12.0. The molecule has 8 amide bonds. The Labute approximate surface area is 766 Å². The second kappa shape index (κ2) is 40.7. The molecule has 12 heterocycles. The van der Waals surface area contributed by atoms with Gasteiger partial charge in [-0.25, -0.2) is 64.0 Å². The molecule has 1 saturated carbocycles. The lowest BCUT2D eigenvalue weighted by Crippen LogP contribution is -2.30. The van der Waals surface area contributed by atoms with Crippen LogP contribution >= 0.6 is 56.7 Å². The molecule has 33 nitrogen and oxygen atoms in total. The number of hydrogen-bond donors (Lipinski definition) is 13. The van der Waals surface area contributed by atoms with Gasteiger partial charge >= 0.3 is 30.1 Å². The lowest BCUT2D eigenvalue weighted by Gasteiger charge is -2.30. The van der Waals surface area contributed by atoms with Crippen LogP contribution < -0.4 is 42.5 Å². The van der Waals surface area contributed by atoms with E-state index in [0.717, 1.165) is 132 Å². The number of aliphatic hydroxyl groups is 4. The standard InChI is InChI=1S/C25H26N6O2S.C24H24N6O4S.C22H22N6O2S.C21H21N5O2S2/c1-2-26-23(32)31-24-30-20-13-16(12-18(21(20)34-24)19-8-4-7-11-27-19)17-14-28-22(29-15-17)25(33)9-5-3-6-10-25;1-4-25-22(33)30-23-29-18-9-14(15-11-27-21(28-12-15)24(2,3)34)8-16(20(18)35-23)17-6-5-13(10-26-17)7-19(31)32;1-4-23-20(29)28-21-27-16-10-13(17-11-26-18(12-25-17)22(2,3)30)9-14(19(16)31-21)15-7-5-6-8-24-15;1-4-22-19(27)26-20-25-15-10-12(16-11-24-18(29-16)21(2,3)28)9-13(17(15)30-20)14-7-5-6-8-23-14/h4,7-8,11-15,33H,2-3,5-6,9-10H2,1H3,(H2,26,30,31,32);5-6,8-12,34H,4,7H2,1-3H3,(H,31,32)(H2,25,29,30,33);5-12,30H,4H2,1-3H3,(H2,23,27,28,29);5-11,28H,4H2,1-3H3,(H2,22,25,26,27). The van der Waals surface area contributed by atoms with Crippen molar-refractivity contribution >= 4 is 148 Å². The molecule has 16 aromatic rings. The van der Waals surface area contributed by atoms with E-state index in [1.807, 2.05) is 125 Å². The maximum atomic E-state index is 12.0.